The van der Waals surface area contributed by atoms with Crippen molar-refractivity contribution in [3.63, 3.8) is 0 Å². The largest absolute Gasteiger partial charge is 0.487 e. The molecule has 21 heavy (non-hydrogen) atoms. The second kappa shape index (κ2) is 7.29. The fourth-order valence-electron chi connectivity index (χ4n) is 1.65. The van der Waals surface area contributed by atoms with Crippen LogP contribution in [0.25, 0.3) is 0 Å². The van der Waals surface area contributed by atoms with E-state index in [1.807, 2.05) is 12.1 Å². The van der Waals surface area contributed by atoms with Crippen LogP contribution in [-0.4, -0.2) is 13.1 Å². The fraction of sp³-hybridized carbons (Fsp3) is 0.133. The van der Waals surface area contributed by atoms with Crippen LogP contribution >= 0.6 is 43.5 Å². The first-order valence-electron chi connectivity index (χ1n) is 5.96. The molecule has 2 aromatic rings. The first-order chi connectivity index (χ1) is 10.0. The van der Waals surface area contributed by atoms with E-state index < -0.39 is 0 Å². The number of halogens is 3. The highest BCUT2D eigenvalue weighted by Crippen LogP contribution is 2.29. The van der Waals surface area contributed by atoms with E-state index in [9.17, 15) is 4.79 Å². The van der Waals surface area contributed by atoms with Crippen LogP contribution in [0.1, 0.15) is 15.9 Å². The average molecular weight is 435 g/mol. The van der Waals surface area contributed by atoms with E-state index in [4.69, 9.17) is 16.3 Å². The average Bonchev–Trinajstić information content (AvgIpc) is 2.48. The predicted octanol–water partition coefficient (Wildman–Crippen LogP) is 5.23. The van der Waals surface area contributed by atoms with Crippen molar-refractivity contribution < 1.29 is 14.3 Å². The van der Waals surface area contributed by atoms with E-state index in [-0.39, 0.29) is 5.97 Å². The zero-order chi connectivity index (χ0) is 15.4. The van der Waals surface area contributed by atoms with Crippen molar-refractivity contribution in [2.24, 2.45) is 0 Å². The third kappa shape index (κ3) is 4.22. The normalized spacial score (nSPS) is 10.3. The molecule has 0 aliphatic rings. The van der Waals surface area contributed by atoms with Gasteiger partial charge in [0.15, 0.2) is 0 Å². The number of rotatable bonds is 4. The summed E-state index contributed by atoms with van der Waals surface area (Å²) in [5, 5.41) is 0.542. The van der Waals surface area contributed by atoms with E-state index >= 15 is 0 Å². The van der Waals surface area contributed by atoms with Gasteiger partial charge in [-0.3, -0.25) is 0 Å². The van der Waals surface area contributed by atoms with Crippen molar-refractivity contribution >= 4 is 49.4 Å². The maximum Gasteiger partial charge on any atom is 0.337 e. The smallest absolute Gasteiger partial charge is 0.337 e. The van der Waals surface area contributed by atoms with Crippen molar-refractivity contribution in [2.75, 3.05) is 7.11 Å². The zero-order valence-electron chi connectivity index (χ0n) is 11.0. The Bertz CT molecular complexity index is 674. The predicted molar refractivity (Wildman–Crippen MR) is 89.0 cm³/mol. The van der Waals surface area contributed by atoms with Crippen LogP contribution in [0, 0.1) is 0 Å². The minimum Gasteiger partial charge on any atom is -0.487 e. The summed E-state index contributed by atoms with van der Waals surface area (Å²) < 4.78 is 12.0. The number of hydrogen-bond donors (Lipinski definition) is 0. The lowest BCUT2D eigenvalue weighted by Gasteiger charge is -2.10. The van der Waals surface area contributed by atoms with Gasteiger partial charge in [0.1, 0.15) is 12.4 Å². The Labute approximate surface area is 144 Å². The lowest BCUT2D eigenvalue weighted by molar-refractivity contribution is 0.0600. The molecule has 0 spiro atoms. The molecule has 0 aliphatic heterocycles. The monoisotopic (exact) mass is 432 g/mol. The van der Waals surface area contributed by atoms with Crippen LogP contribution in [0.2, 0.25) is 5.02 Å². The van der Waals surface area contributed by atoms with Crippen LogP contribution in [0.4, 0.5) is 0 Å². The molecule has 0 saturated heterocycles. The lowest BCUT2D eigenvalue weighted by atomic mass is 10.1. The molecule has 110 valence electrons. The van der Waals surface area contributed by atoms with Crippen LogP contribution in [0.3, 0.4) is 0 Å². The van der Waals surface area contributed by atoms with Gasteiger partial charge in [-0.2, -0.15) is 0 Å². The second-order valence-corrected chi connectivity index (χ2v) is 6.34. The topological polar surface area (TPSA) is 35.5 Å². The number of methoxy groups -OCH3 is 1. The van der Waals surface area contributed by atoms with Crippen LogP contribution < -0.4 is 4.74 Å². The molecule has 0 radical (unpaired) electrons. The Balaban J connectivity index is 2.13. The lowest BCUT2D eigenvalue weighted by Crippen LogP contribution is -2.03. The highest BCUT2D eigenvalue weighted by molar-refractivity contribution is 9.10. The quantitative estimate of drug-likeness (QED) is 0.618. The SMILES string of the molecule is COC(=O)c1ccc(COc2cc(Br)ccc2Cl)c(Br)c1. The molecule has 0 unspecified atom stereocenters. The van der Waals surface area contributed by atoms with E-state index in [0.29, 0.717) is 22.9 Å². The van der Waals surface area contributed by atoms with Gasteiger partial charge in [0.05, 0.1) is 17.7 Å². The molecule has 2 rings (SSSR count). The Hall–Kier alpha value is -1.04. The van der Waals surface area contributed by atoms with Crippen LogP contribution in [-0.2, 0) is 11.3 Å². The van der Waals surface area contributed by atoms with Gasteiger partial charge < -0.3 is 9.47 Å². The Kier molecular flexibility index (Phi) is 5.67. The summed E-state index contributed by atoms with van der Waals surface area (Å²) in [5.74, 6) is 0.216. The van der Waals surface area contributed by atoms with Crippen molar-refractivity contribution in [1.82, 2.24) is 0 Å². The Morgan fingerprint density at radius 1 is 1.19 bits per heavy atom. The molecule has 0 bridgehead atoms. The summed E-state index contributed by atoms with van der Waals surface area (Å²) >= 11 is 12.9. The third-order valence-electron chi connectivity index (χ3n) is 2.75. The molecule has 0 aromatic heterocycles. The Morgan fingerprint density at radius 3 is 2.62 bits per heavy atom. The van der Waals surface area contributed by atoms with Crippen molar-refractivity contribution in [2.45, 2.75) is 6.61 Å². The highest BCUT2D eigenvalue weighted by Gasteiger charge is 2.10. The summed E-state index contributed by atoms with van der Waals surface area (Å²) in [4.78, 5) is 11.4. The number of carbonyl (C=O) groups is 1. The van der Waals surface area contributed by atoms with Crippen molar-refractivity contribution in [3.05, 3.63) is 61.5 Å². The molecule has 6 heteroatoms. The summed E-state index contributed by atoms with van der Waals surface area (Å²) in [6, 6.07) is 10.6. The molecule has 0 atom stereocenters. The highest BCUT2D eigenvalue weighted by atomic mass is 79.9. The maximum absolute atomic E-state index is 11.4. The summed E-state index contributed by atoms with van der Waals surface area (Å²) in [5.41, 5.74) is 1.38. The number of esters is 1. The van der Waals surface area contributed by atoms with Gasteiger partial charge in [0, 0.05) is 14.5 Å². The van der Waals surface area contributed by atoms with E-state index in [0.717, 1.165) is 14.5 Å². The summed E-state index contributed by atoms with van der Waals surface area (Å²) in [6.07, 6.45) is 0. The van der Waals surface area contributed by atoms with Gasteiger partial charge in [-0.25, -0.2) is 4.79 Å². The molecule has 0 fully saturated rings. The number of hydrogen-bond acceptors (Lipinski definition) is 3. The van der Waals surface area contributed by atoms with Gasteiger partial charge in [-0.1, -0.05) is 49.5 Å². The molecular weight excluding hydrogens is 423 g/mol. The van der Waals surface area contributed by atoms with Gasteiger partial charge >= 0.3 is 5.97 Å². The molecule has 0 N–H and O–H groups in total. The van der Waals surface area contributed by atoms with Gasteiger partial charge in [0.25, 0.3) is 0 Å². The number of benzene rings is 2. The van der Waals surface area contributed by atoms with Gasteiger partial charge in [-0.15, -0.1) is 0 Å². The first-order valence-corrected chi connectivity index (χ1v) is 7.92. The summed E-state index contributed by atoms with van der Waals surface area (Å²) in [7, 11) is 1.35. The van der Waals surface area contributed by atoms with Crippen molar-refractivity contribution in [3.8, 4) is 5.75 Å². The minimum atomic E-state index is -0.377. The standard InChI is InChI=1S/C15H11Br2ClO3/c1-20-15(19)9-2-3-10(12(17)6-9)8-21-14-7-11(16)4-5-13(14)18/h2-7H,8H2,1H3. The van der Waals surface area contributed by atoms with Crippen molar-refractivity contribution in [1.29, 1.82) is 0 Å². The van der Waals surface area contributed by atoms with E-state index in [2.05, 4.69) is 36.6 Å². The molecule has 3 nitrogen and oxygen atoms in total. The first kappa shape index (κ1) is 16.3. The second-order valence-electron chi connectivity index (χ2n) is 4.16. The molecule has 0 amide bonds. The molecular formula is C15H11Br2ClO3. The van der Waals surface area contributed by atoms with Crippen LogP contribution in [0.5, 0.6) is 5.75 Å². The third-order valence-corrected chi connectivity index (χ3v) is 4.29. The molecule has 0 aliphatic carbocycles. The summed E-state index contributed by atoms with van der Waals surface area (Å²) in [6.45, 7) is 0.332. The zero-order valence-corrected chi connectivity index (χ0v) is 15.0. The molecule has 2 aromatic carbocycles. The van der Waals surface area contributed by atoms with E-state index in [1.165, 1.54) is 7.11 Å². The van der Waals surface area contributed by atoms with Gasteiger partial charge in [-0.05, 0) is 30.3 Å². The Morgan fingerprint density at radius 2 is 1.95 bits per heavy atom. The number of carbonyl (C=O) groups excluding carboxylic acids is 1. The molecule has 0 saturated carbocycles. The minimum absolute atomic E-state index is 0.332. The molecule has 0 heterocycles. The van der Waals surface area contributed by atoms with E-state index in [1.54, 1.807) is 24.3 Å². The van der Waals surface area contributed by atoms with Crippen LogP contribution in [0.15, 0.2) is 45.3 Å². The van der Waals surface area contributed by atoms with Gasteiger partial charge in [0.2, 0.25) is 0 Å². The fourth-order valence-corrected chi connectivity index (χ4v) is 2.66. The number of ether oxygens (including phenoxy) is 2. The maximum atomic E-state index is 11.4.